The third-order valence-corrected chi connectivity index (χ3v) is 5.52. The number of benzene rings is 1. The molecule has 2 aromatic heterocycles. The Morgan fingerprint density at radius 1 is 1.08 bits per heavy atom. The topological polar surface area (TPSA) is 64.9 Å². The number of nitrogens with one attached hydrogen (secondary N) is 1. The first-order valence-electron chi connectivity index (χ1n) is 9.29. The first-order valence-corrected chi connectivity index (χ1v) is 9.29. The maximum atomic E-state index is 6.30. The Hall–Kier alpha value is -2.47. The van der Waals surface area contributed by atoms with Crippen molar-refractivity contribution in [2.24, 2.45) is 11.8 Å². The van der Waals surface area contributed by atoms with E-state index in [2.05, 4.69) is 57.7 Å². The first-order chi connectivity index (χ1) is 12.7. The van der Waals surface area contributed by atoms with E-state index in [1.54, 1.807) is 6.33 Å². The summed E-state index contributed by atoms with van der Waals surface area (Å²) in [5, 5.41) is 3.38. The van der Waals surface area contributed by atoms with E-state index >= 15 is 0 Å². The van der Waals surface area contributed by atoms with Gasteiger partial charge in [0, 0.05) is 12.5 Å². The fraction of sp³-hybridized carbons (Fsp3) is 0.450. The van der Waals surface area contributed by atoms with Gasteiger partial charge in [-0.2, -0.15) is 0 Å². The van der Waals surface area contributed by atoms with E-state index < -0.39 is 0 Å². The minimum atomic E-state index is -0.0307. The van der Waals surface area contributed by atoms with E-state index in [-0.39, 0.29) is 12.3 Å². The van der Waals surface area contributed by atoms with Crippen molar-refractivity contribution in [1.29, 1.82) is 0 Å². The van der Waals surface area contributed by atoms with Crippen LogP contribution in [-0.2, 0) is 11.3 Å². The second-order valence-electron chi connectivity index (χ2n) is 7.08. The molecule has 0 spiro atoms. The van der Waals surface area contributed by atoms with E-state index in [0.717, 1.165) is 23.4 Å². The summed E-state index contributed by atoms with van der Waals surface area (Å²) in [6.45, 7) is 7.38. The van der Waals surface area contributed by atoms with Crippen molar-refractivity contribution in [3.63, 3.8) is 0 Å². The highest BCUT2D eigenvalue weighted by Crippen LogP contribution is 2.41. The molecule has 6 nitrogen and oxygen atoms in total. The molecular formula is C20H25N5O. The minimum absolute atomic E-state index is 0.0307. The molecule has 1 aliphatic heterocycles. The third-order valence-electron chi connectivity index (χ3n) is 5.52. The van der Waals surface area contributed by atoms with Crippen LogP contribution in [0.5, 0.6) is 0 Å². The molecule has 3 heterocycles. The summed E-state index contributed by atoms with van der Waals surface area (Å²) in [5.41, 5.74) is 2.80. The van der Waals surface area contributed by atoms with E-state index in [0.29, 0.717) is 18.4 Å². The molecule has 0 radical (unpaired) electrons. The Bertz CT molecular complexity index is 878. The van der Waals surface area contributed by atoms with Crippen LogP contribution in [0.15, 0.2) is 43.0 Å². The van der Waals surface area contributed by atoms with Crippen LogP contribution in [0.3, 0.4) is 0 Å². The molecule has 0 aliphatic carbocycles. The highest BCUT2D eigenvalue weighted by atomic mass is 16.5. The summed E-state index contributed by atoms with van der Waals surface area (Å²) >= 11 is 0. The number of hydrogen-bond donors (Lipinski definition) is 1. The summed E-state index contributed by atoms with van der Waals surface area (Å²) in [5.74, 6) is 1.68. The van der Waals surface area contributed by atoms with Crippen molar-refractivity contribution in [3.05, 3.63) is 48.5 Å². The second-order valence-corrected chi connectivity index (χ2v) is 7.08. The average Bonchev–Trinajstić information content (AvgIpc) is 3.23. The molecule has 4 atom stereocenters. The molecule has 1 aliphatic rings. The molecule has 1 N–H and O–H groups in total. The van der Waals surface area contributed by atoms with Crippen molar-refractivity contribution >= 4 is 17.0 Å². The van der Waals surface area contributed by atoms with Crippen LogP contribution >= 0.6 is 0 Å². The minimum Gasteiger partial charge on any atom is -0.364 e. The highest BCUT2D eigenvalue weighted by molar-refractivity contribution is 5.82. The van der Waals surface area contributed by atoms with Gasteiger partial charge in [0.05, 0.1) is 12.4 Å². The maximum absolute atomic E-state index is 6.30. The lowest BCUT2D eigenvalue weighted by Gasteiger charge is -2.18. The highest BCUT2D eigenvalue weighted by Gasteiger charge is 2.39. The Kier molecular flexibility index (Phi) is 4.59. The fourth-order valence-corrected chi connectivity index (χ4v) is 3.76. The summed E-state index contributed by atoms with van der Waals surface area (Å²) in [4.78, 5) is 13.5. The molecule has 3 aromatic rings. The van der Waals surface area contributed by atoms with Crippen LogP contribution in [0, 0.1) is 11.8 Å². The van der Waals surface area contributed by atoms with Gasteiger partial charge in [-0.15, -0.1) is 0 Å². The molecule has 0 saturated carbocycles. The Labute approximate surface area is 153 Å². The van der Waals surface area contributed by atoms with Gasteiger partial charge >= 0.3 is 0 Å². The van der Waals surface area contributed by atoms with Crippen LogP contribution < -0.4 is 5.32 Å². The number of rotatable bonds is 5. The Balaban J connectivity index is 1.61. The van der Waals surface area contributed by atoms with Gasteiger partial charge in [0.25, 0.3) is 0 Å². The molecule has 0 bridgehead atoms. The SMILES string of the molecule is CC[C@H]1O[C@@H](n2cnc3c(NCc4ccccc4)ncnc32)[C@@H](C)C1C. The van der Waals surface area contributed by atoms with Crippen LogP contribution in [0.25, 0.3) is 11.2 Å². The summed E-state index contributed by atoms with van der Waals surface area (Å²) < 4.78 is 8.36. The zero-order valence-corrected chi connectivity index (χ0v) is 15.5. The van der Waals surface area contributed by atoms with Gasteiger partial charge in [0.15, 0.2) is 17.0 Å². The average molecular weight is 351 g/mol. The van der Waals surface area contributed by atoms with Gasteiger partial charge < -0.3 is 10.1 Å². The molecule has 1 aromatic carbocycles. The van der Waals surface area contributed by atoms with Crippen LogP contribution in [0.1, 0.15) is 39.0 Å². The lowest BCUT2D eigenvalue weighted by molar-refractivity contribution is -0.0120. The van der Waals surface area contributed by atoms with Crippen molar-refractivity contribution in [3.8, 4) is 0 Å². The zero-order chi connectivity index (χ0) is 18.1. The van der Waals surface area contributed by atoms with E-state index in [1.807, 2.05) is 24.5 Å². The van der Waals surface area contributed by atoms with Crippen molar-refractivity contribution in [1.82, 2.24) is 19.5 Å². The zero-order valence-electron chi connectivity index (χ0n) is 15.5. The summed E-state index contributed by atoms with van der Waals surface area (Å²) in [7, 11) is 0. The Morgan fingerprint density at radius 3 is 2.62 bits per heavy atom. The van der Waals surface area contributed by atoms with Gasteiger partial charge in [-0.25, -0.2) is 15.0 Å². The number of fused-ring (bicyclic) bond motifs is 1. The molecular weight excluding hydrogens is 326 g/mol. The van der Waals surface area contributed by atoms with Crippen LogP contribution in [0.2, 0.25) is 0 Å². The number of aromatic nitrogens is 4. The van der Waals surface area contributed by atoms with Gasteiger partial charge in [-0.05, 0) is 17.9 Å². The van der Waals surface area contributed by atoms with Gasteiger partial charge in [0.2, 0.25) is 0 Å². The predicted octanol–water partition coefficient (Wildman–Crippen LogP) is 4.02. The molecule has 4 rings (SSSR count). The van der Waals surface area contributed by atoms with E-state index in [4.69, 9.17) is 4.74 Å². The van der Waals surface area contributed by atoms with Crippen molar-refractivity contribution in [2.45, 2.75) is 46.1 Å². The molecule has 1 fully saturated rings. The van der Waals surface area contributed by atoms with E-state index in [1.165, 1.54) is 5.56 Å². The summed E-state index contributed by atoms with van der Waals surface area (Å²) in [6.07, 6.45) is 4.70. The fourth-order valence-electron chi connectivity index (χ4n) is 3.76. The smallest absolute Gasteiger partial charge is 0.167 e. The molecule has 1 saturated heterocycles. The van der Waals surface area contributed by atoms with Gasteiger partial charge in [0.1, 0.15) is 12.6 Å². The Morgan fingerprint density at radius 2 is 1.88 bits per heavy atom. The molecule has 0 amide bonds. The standard InChI is InChI=1S/C20H25N5O/c1-4-16-13(2)14(3)20(26-16)25-12-24-17-18(22-11-23-19(17)25)21-10-15-8-6-5-7-9-15/h5-9,11-14,16,20H,4,10H2,1-3H3,(H,21,22,23)/t13?,14-,16+,20+/m0/s1. The summed E-state index contributed by atoms with van der Waals surface area (Å²) in [6, 6.07) is 10.3. The predicted molar refractivity (Wildman–Crippen MR) is 102 cm³/mol. The largest absolute Gasteiger partial charge is 0.364 e. The quantitative estimate of drug-likeness (QED) is 0.752. The second kappa shape index (κ2) is 7.03. The molecule has 136 valence electrons. The number of hydrogen-bond acceptors (Lipinski definition) is 5. The normalized spacial score (nSPS) is 25.7. The van der Waals surface area contributed by atoms with E-state index in [9.17, 15) is 0 Å². The number of anilines is 1. The molecule has 1 unspecified atom stereocenters. The van der Waals surface area contributed by atoms with Gasteiger partial charge in [-0.1, -0.05) is 51.1 Å². The van der Waals surface area contributed by atoms with Crippen LogP contribution in [-0.4, -0.2) is 25.6 Å². The lowest BCUT2D eigenvalue weighted by atomic mass is 9.91. The van der Waals surface area contributed by atoms with Crippen molar-refractivity contribution < 1.29 is 4.74 Å². The monoisotopic (exact) mass is 351 g/mol. The van der Waals surface area contributed by atoms with Crippen LogP contribution in [0.4, 0.5) is 5.82 Å². The molecule has 26 heavy (non-hydrogen) atoms. The first kappa shape index (κ1) is 17.0. The third kappa shape index (κ3) is 2.94. The number of nitrogens with zero attached hydrogens (tertiary/aromatic N) is 4. The number of imidazole rings is 1. The van der Waals surface area contributed by atoms with Gasteiger partial charge in [-0.3, -0.25) is 4.57 Å². The maximum Gasteiger partial charge on any atom is 0.167 e. The number of ether oxygens (including phenoxy) is 1. The molecule has 6 heteroatoms. The van der Waals surface area contributed by atoms with Crippen molar-refractivity contribution in [2.75, 3.05) is 5.32 Å². The lowest BCUT2D eigenvalue weighted by Crippen LogP contribution is -2.15.